The molecule has 1 atom stereocenters. The number of nitro benzene ring substituents is 1. The lowest BCUT2D eigenvalue weighted by molar-refractivity contribution is -0.384. The number of ether oxygens (including phenoxy) is 3. The predicted octanol–water partition coefficient (Wildman–Crippen LogP) is 1.53. The Morgan fingerprint density at radius 3 is 2.32 bits per heavy atom. The average molecular weight is 355 g/mol. The molecule has 9 heteroatoms. The molecule has 138 valence electrons. The first-order chi connectivity index (χ1) is 11.9. The van der Waals surface area contributed by atoms with E-state index in [1.54, 1.807) is 6.92 Å². The molecule has 0 aromatic heterocycles. The highest BCUT2D eigenvalue weighted by Gasteiger charge is 2.49. The lowest BCUT2D eigenvalue weighted by Gasteiger charge is -2.27. The summed E-state index contributed by atoms with van der Waals surface area (Å²) < 4.78 is 15.1. The third-order valence-corrected chi connectivity index (χ3v) is 3.61. The molecule has 9 nitrogen and oxygen atoms in total. The second-order valence-electron chi connectivity index (χ2n) is 5.09. The number of carboxylic acid groups (broad SMARTS) is 1. The van der Waals surface area contributed by atoms with Crippen molar-refractivity contribution in [2.45, 2.75) is 18.8 Å². The summed E-state index contributed by atoms with van der Waals surface area (Å²) in [4.78, 5) is 34.6. The molecule has 1 aromatic rings. The van der Waals surface area contributed by atoms with Gasteiger partial charge in [0.25, 0.3) is 5.69 Å². The van der Waals surface area contributed by atoms with Gasteiger partial charge in [0.15, 0.2) is 5.41 Å². The Bertz CT molecular complexity index is 601. The number of aliphatic carboxylic acids is 1. The third kappa shape index (κ3) is 4.97. The number of carbonyl (C=O) groups is 2. The van der Waals surface area contributed by atoms with Gasteiger partial charge in [-0.2, -0.15) is 0 Å². The number of hydrogen-bond acceptors (Lipinski definition) is 7. The summed E-state index contributed by atoms with van der Waals surface area (Å²) >= 11 is 0. The molecule has 1 N–H and O–H groups in total. The van der Waals surface area contributed by atoms with E-state index in [4.69, 9.17) is 14.2 Å². The van der Waals surface area contributed by atoms with Crippen LogP contribution in [0.25, 0.3) is 0 Å². The van der Waals surface area contributed by atoms with E-state index >= 15 is 0 Å². The zero-order valence-electron chi connectivity index (χ0n) is 14.1. The number of rotatable bonds is 11. The number of hydrogen-bond donors (Lipinski definition) is 1. The smallest absolute Gasteiger partial charge is 0.328 e. The molecule has 0 aliphatic rings. The maximum Gasteiger partial charge on any atom is 0.328 e. The van der Waals surface area contributed by atoms with Crippen molar-refractivity contribution >= 4 is 17.6 Å². The van der Waals surface area contributed by atoms with Crippen molar-refractivity contribution in [3.8, 4) is 0 Å². The van der Waals surface area contributed by atoms with E-state index in [1.165, 1.54) is 19.2 Å². The Labute approximate surface area is 144 Å². The van der Waals surface area contributed by atoms with E-state index in [0.29, 0.717) is 6.61 Å². The van der Waals surface area contributed by atoms with E-state index in [0.717, 1.165) is 12.1 Å². The van der Waals surface area contributed by atoms with Gasteiger partial charge in [-0.1, -0.05) is 12.1 Å². The molecule has 0 saturated carbocycles. The number of nitro groups is 1. The topological polar surface area (TPSA) is 125 Å². The van der Waals surface area contributed by atoms with E-state index in [1.807, 2.05) is 0 Å². The molecule has 0 amide bonds. The zero-order valence-corrected chi connectivity index (χ0v) is 14.1. The number of carboxylic acids is 1. The summed E-state index contributed by atoms with van der Waals surface area (Å²) in [7, 11) is 1.50. The van der Waals surface area contributed by atoms with Crippen molar-refractivity contribution in [2.24, 2.45) is 0 Å². The largest absolute Gasteiger partial charge is 0.480 e. The van der Waals surface area contributed by atoms with Crippen LogP contribution in [0.3, 0.4) is 0 Å². The van der Waals surface area contributed by atoms with E-state index < -0.39 is 22.3 Å². The van der Waals surface area contributed by atoms with Crippen LogP contribution in [0, 0.1) is 10.1 Å². The fraction of sp³-hybridized carbons (Fsp3) is 0.500. The van der Waals surface area contributed by atoms with Crippen molar-refractivity contribution in [3.63, 3.8) is 0 Å². The van der Waals surface area contributed by atoms with Gasteiger partial charge in [-0.25, -0.2) is 0 Å². The Morgan fingerprint density at radius 1 is 1.20 bits per heavy atom. The monoisotopic (exact) mass is 355 g/mol. The van der Waals surface area contributed by atoms with Gasteiger partial charge in [0, 0.05) is 32.3 Å². The van der Waals surface area contributed by atoms with Gasteiger partial charge >= 0.3 is 11.9 Å². The molecule has 0 heterocycles. The fourth-order valence-corrected chi connectivity index (χ4v) is 2.27. The maximum absolute atomic E-state index is 12.4. The van der Waals surface area contributed by atoms with Gasteiger partial charge < -0.3 is 19.3 Å². The van der Waals surface area contributed by atoms with Gasteiger partial charge in [-0.15, -0.1) is 0 Å². The summed E-state index contributed by atoms with van der Waals surface area (Å²) in [5.41, 5.74) is -2.11. The van der Waals surface area contributed by atoms with Gasteiger partial charge in [-0.3, -0.25) is 19.7 Å². The molecule has 25 heavy (non-hydrogen) atoms. The molecule has 0 saturated heterocycles. The summed E-state index contributed by atoms with van der Waals surface area (Å²) in [5.74, 6) is -2.35. The summed E-state index contributed by atoms with van der Waals surface area (Å²) in [6.45, 7) is 2.12. The minimum Gasteiger partial charge on any atom is -0.480 e. The minimum absolute atomic E-state index is 0.00533. The van der Waals surface area contributed by atoms with Crippen LogP contribution in [0.4, 0.5) is 5.69 Å². The normalized spacial score (nSPS) is 13.0. The highest BCUT2D eigenvalue weighted by atomic mass is 16.6. The summed E-state index contributed by atoms with van der Waals surface area (Å²) in [6.07, 6.45) is -0.178. The van der Waals surface area contributed by atoms with Gasteiger partial charge in [-0.05, 0) is 12.5 Å². The molecule has 1 unspecified atom stereocenters. The van der Waals surface area contributed by atoms with E-state index in [9.17, 15) is 24.8 Å². The maximum atomic E-state index is 12.4. The second-order valence-corrected chi connectivity index (χ2v) is 5.09. The van der Waals surface area contributed by atoms with Crippen molar-refractivity contribution < 1.29 is 33.8 Å². The lowest BCUT2D eigenvalue weighted by atomic mass is 9.77. The number of carbonyl (C=O) groups excluding carboxylic acids is 1. The number of methoxy groups -OCH3 is 1. The Hall–Kier alpha value is -2.52. The Kier molecular flexibility index (Phi) is 7.96. The number of benzene rings is 1. The van der Waals surface area contributed by atoms with Crippen LogP contribution in [0.1, 0.15) is 18.9 Å². The first-order valence-corrected chi connectivity index (χ1v) is 7.62. The van der Waals surface area contributed by atoms with Gasteiger partial charge in [0.1, 0.15) is 0 Å². The molecule has 0 spiro atoms. The van der Waals surface area contributed by atoms with Crippen molar-refractivity contribution in [1.82, 2.24) is 0 Å². The van der Waals surface area contributed by atoms with Gasteiger partial charge in [0.05, 0.1) is 24.7 Å². The third-order valence-electron chi connectivity index (χ3n) is 3.61. The zero-order chi connectivity index (χ0) is 18.9. The standard InChI is InChI=1S/C16H21NO8/c1-3-25-15(20)16(14(18)19,8-9-24-11-10-23-2)12-4-6-13(7-5-12)17(21)22/h4-7H,3,8-11H2,1-2H3,(H,18,19). The Balaban J connectivity index is 3.16. The summed E-state index contributed by atoms with van der Waals surface area (Å²) in [6, 6.07) is 4.80. The molecule has 0 fully saturated rings. The number of esters is 1. The molecule has 1 aromatic carbocycles. The first kappa shape index (κ1) is 20.5. The van der Waals surface area contributed by atoms with Crippen molar-refractivity contribution in [2.75, 3.05) is 33.5 Å². The van der Waals surface area contributed by atoms with Gasteiger partial charge in [0.2, 0.25) is 0 Å². The molecule has 0 bridgehead atoms. The highest BCUT2D eigenvalue weighted by molar-refractivity contribution is 6.05. The van der Waals surface area contributed by atoms with Crippen LogP contribution < -0.4 is 0 Å². The van der Waals surface area contributed by atoms with Crippen molar-refractivity contribution in [3.05, 3.63) is 39.9 Å². The quantitative estimate of drug-likeness (QED) is 0.208. The highest BCUT2D eigenvalue weighted by Crippen LogP contribution is 2.32. The summed E-state index contributed by atoms with van der Waals surface area (Å²) in [5, 5.41) is 20.5. The average Bonchev–Trinajstić information content (AvgIpc) is 2.58. The van der Waals surface area contributed by atoms with Crippen molar-refractivity contribution in [1.29, 1.82) is 0 Å². The molecule has 0 radical (unpaired) electrons. The van der Waals surface area contributed by atoms with Crippen LogP contribution >= 0.6 is 0 Å². The molecular formula is C16H21NO8. The molecule has 1 rings (SSSR count). The predicted molar refractivity (Wildman–Crippen MR) is 86.4 cm³/mol. The van der Waals surface area contributed by atoms with Crippen LogP contribution in [0.2, 0.25) is 0 Å². The first-order valence-electron chi connectivity index (χ1n) is 7.62. The second kappa shape index (κ2) is 9.70. The Morgan fingerprint density at radius 2 is 1.84 bits per heavy atom. The molecule has 0 aliphatic carbocycles. The van der Waals surface area contributed by atoms with Crippen LogP contribution in [0.15, 0.2) is 24.3 Å². The van der Waals surface area contributed by atoms with Crippen LogP contribution in [0.5, 0.6) is 0 Å². The van der Waals surface area contributed by atoms with E-state index in [-0.39, 0.29) is 37.5 Å². The lowest BCUT2D eigenvalue weighted by Crippen LogP contribution is -2.46. The minimum atomic E-state index is -2.00. The molecular weight excluding hydrogens is 334 g/mol. The fourth-order valence-electron chi connectivity index (χ4n) is 2.27. The number of nitrogens with zero attached hydrogens (tertiary/aromatic N) is 1. The van der Waals surface area contributed by atoms with Crippen LogP contribution in [-0.2, 0) is 29.2 Å². The van der Waals surface area contributed by atoms with E-state index in [2.05, 4.69) is 0 Å². The van der Waals surface area contributed by atoms with Crippen LogP contribution in [-0.4, -0.2) is 55.5 Å². The SMILES string of the molecule is CCOC(=O)C(CCOCCOC)(C(=O)O)c1ccc([N+](=O)[O-])cc1. The molecule has 0 aliphatic heterocycles. The number of non-ortho nitro benzene ring substituents is 1.